The summed E-state index contributed by atoms with van der Waals surface area (Å²) in [5.74, 6) is 0.679. The highest BCUT2D eigenvalue weighted by molar-refractivity contribution is 5.88. The van der Waals surface area contributed by atoms with Crippen LogP contribution in [0.5, 0.6) is 0 Å². The van der Waals surface area contributed by atoms with Crippen LogP contribution in [0.2, 0.25) is 0 Å². The number of hydrogen-bond acceptors (Lipinski definition) is 3. The van der Waals surface area contributed by atoms with E-state index in [1.807, 2.05) is 47.4 Å². The number of amides is 2. The van der Waals surface area contributed by atoms with Crippen molar-refractivity contribution in [2.75, 3.05) is 13.1 Å². The lowest BCUT2D eigenvalue weighted by atomic mass is 10.0. The van der Waals surface area contributed by atoms with Crippen LogP contribution < -0.4 is 5.32 Å². The minimum Gasteiger partial charge on any atom is -0.469 e. The van der Waals surface area contributed by atoms with E-state index in [-0.39, 0.29) is 11.8 Å². The Morgan fingerprint density at radius 2 is 1.84 bits per heavy atom. The number of hydrogen-bond donors (Lipinski definition) is 1. The maximum absolute atomic E-state index is 12.8. The number of rotatable bonds is 7. The van der Waals surface area contributed by atoms with E-state index in [1.165, 1.54) is 0 Å². The van der Waals surface area contributed by atoms with E-state index in [9.17, 15) is 9.59 Å². The SMILES string of the molecule is O=C(CCc1ccco1)N[C@H](Cc1ccccc1)C(=O)N1CCCC1. The molecule has 0 bridgehead atoms. The van der Waals surface area contributed by atoms with Gasteiger partial charge in [0.15, 0.2) is 0 Å². The van der Waals surface area contributed by atoms with Crippen molar-refractivity contribution in [1.29, 1.82) is 0 Å². The summed E-state index contributed by atoms with van der Waals surface area (Å²) in [5.41, 5.74) is 1.05. The topological polar surface area (TPSA) is 62.6 Å². The molecule has 5 nitrogen and oxygen atoms in total. The molecule has 1 atom stereocenters. The summed E-state index contributed by atoms with van der Waals surface area (Å²) >= 11 is 0. The lowest BCUT2D eigenvalue weighted by Gasteiger charge is -2.24. The summed E-state index contributed by atoms with van der Waals surface area (Å²) in [5, 5.41) is 2.93. The summed E-state index contributed by atoms with van der Waals surface area (Å²) in [7, 11) is 0. The second kappa shape index (κ2) is 8.51. The molecule has 25 heavy (non-hydrogen) atoms. The van der Waals surface area contributed by atoms with Crippen LogP contribution in [0, 0.1) is 0 Å². The number of aryl methyl sites for hydroxylation is 1. The first-order valence-electron chi connectivity index (χ1n) is 8.87. The minimum absolute atomic E-state index is 0.0210. The Morgan fingerprint density at radius 1 is 1.08 bits per heavy atom. The molecule has 1 saturated heterocycles. The molecule has 1 aliphatic heterocycles. The molecule has 2 amide bonds. The fraction of sp³-hybridized carbons (Fsp3) is 0.400. The average molecular weight is 340 g/mol. The highest BCUT2D eigenvalue weighted by Crippen LogP contribution is 2.13. The molecule has 3 rings (SSSR count). The van der Waals surface area contributed by atoms with Gasteiger partial charge in [0.1, 0.15) is 11.8 Å². The quantitative estimate of drug-likeness (QED) is 0.842. The first-order valence-corrected chi connectivity index (χ1v) is 8.87. The van der Waals surface area contributed by atoms with Crippen molar-refractivity contribution in [2.45, 2.75) is 38.1 Å². The fourth-order valence-electron chi connectivity index (χ4n) is 3.17. The smallest absolute Gasteiger partial charge is 0.245 e. The largest absolute Gasteiger partial charge is 0.469 e. The van der Waals surface area contributed by atoms with Crippen molar-refractivity contribution in [2.24, 2.45) is 0 Å². The summed E-state index contributed by atoms with van der Waals surface area (Å²) in [6.45, 7) is 1.57. The van der Waals surface area contributed by atoms with Crippen LogP contribution in [0.25, 0.3) is 0 Å². The van der Waals surface area contributed by atoms with E-state index in [2.05, 4.69) is 5.32 Å². The molecule has 132 valence electrons. The summed E-state index contributed by atoms with van der Waals surface area (Å²) < 4.78 is 5.26. The molecule has 0 saturated carbocycles. The number of furan rings is 1. The Kier molecular flexibility index (Phi) is 5.88. The molecule has 0 unspecified atom stereocenters. The van der Waals surface area contributed by atoms with Gasteiger partial charge in [-0.2, -0.15) is 0 Å². The van der Waals surface area contributed by atoms with Crippen LogP contribution >= 0.6 is 0 Å². The Morgan fingerprint density at radius 3 is 2.52 bits per heavy atom. The van der Waals surface area contributed by atoms with Crippen molar-refractivity contribution >= 4 is 11.8 Å². The summed E-state index contributed by atoms with van der Waals surface area (Å²) in [6, 6.07) is 13.0. The Balaban J connectivity index is 1.62. The highest BCUT2D eigenvalue weighted by Gasteiger charge is 2.27. The minimum atomic E-state index is -0.510. The third kappa shape index (κ3) is 4.95. The van der Waals surface area contributed by atoms with E-state index >= 15 is 0 Å². The zero-order chi connectivity index (χ0) is 17.5. The van der Waals surface area contributed by atoms with Crippen molar-refractivity contribution in [1.82, 2.24) is 10.2 Å². The number of nitrogens with one attached hydrogen (secondary N) is 1. The van der Waals surface area contributed by atoms with E-state index in [4.69, 9.17) is 4.42 Å². The second-order valence-electron chi connectivity index (χ2n) is 6.42. The molecule has 0 radical (unpaired) electrons. The number of carbonyl (C=O) groups excluding carboxylic acids is 2. The zero-order valence-corrected chi connectivity index (χ0v) is 14.3. The molecular formula is C20H24N2O3. The average Bonchev–Trinajstić information content (AvgIpc) is 3.33. The van der Waals surface area contributed by atoms with Gasteiger partial charge < -0.3 is 14.6 Å². The Hall–Kier alpha value is -2.56. The van der Waals surface area contributed by atoms with Gasteiger partial charge in [0.25, 0.3) is 0 Å². The third-order valence-corrected chi connectivity index (χ3v) is 4.51. The van der Waals surface area contributed by atoms with Gasteiger partial charge in [-0.3, -0.25) is 9.59 Å². The van der Waals surface area contributed by atoms with Gasteiger partial charge in [0.2, 0.25) is 11.8 Å². The van der Waals surface area contributed by atoms with E-state index < -0.39 is 6.04 Å². The van der Waals surface area contributed by atoms with Gasteiger partial charge >= 0.3 is 0 Å². The van der Waals surface area contributed by atoms with E-state index in [1.54, 1.807) is 6.26 Å². The molecule has 2 heterocycles. The number of likely N-dealkylation sites (tertiary alicyclic amines) is 1. The lowest BCUT2D eigenvalue weighted by Crippen LogP contribution is -2.49. The monoisotopic (exact) mass is 340 g/mol. The van der Waals surface area contributed by atoms with Crippen molar-refractivity contribution in [3.8, 4) is 0 Å². The molecule has 0 spiro atoms. The zero-order valence-electron chi connectivity index (χ0n) is 14.3. The summed E-state index contributed by atoms with van der Waals surface area (Å²) in [6.07, 6.45) is 5.04. The van der Waals surface area contributed by atoms with E-state index in [0.717, 1.165) is 37.3 Å². The molecule has 5 heteroatoms. The second-order valence-corrected chi connectivity index (χ2v) is 6.42. The third-order valence-electron chi connectivity index (χ3n) is 4.51. The fourth-order valence-corrected chi connectivity index (χ4v) is 3.17. The Labute approximate surface area is 148 Å². The first kappa shape index (κ1) is 17.3. The first-order chi connectivity index (χ1) is 12.2. The maximum atomic E-state index is 12.8. The predicted molar refractivity (Wildman–Crippen MR) is 94.9 cm³/mol. The van der Waals surface area contributed by atoms with E-state index in [0.29, 0.717) is 19.3 Å². The molecular weight excluding hydrogens is 316 g/mol. The van der Waals surface area contributed by atoms with Crippen LogP contribution in [0.3, 0.4) is 0 Å². The van der Waals surface area contributed by atoms with Gasteiger partial charge in [-0.25, -0.2) is 0 Å². The van der Waals surface area contributed by atoms with Crippen molar-refractivity contribution in [3.05, 3.63) is 60.1 Å². The summed E-state index contributed by atoms with van der Waals surface area (Å²) in [4.78, 5) is 27.0. The predicted octanol–water partition coefficient (Wildman–Crippen LogP) is 2.56. The highest BCUT2D eigenvalue weighted by atomic mass is 16.3. The van der Waals surface area contributed by atoms with Crippen LogP contribution in [-0.4, -0.2) is 35.8 Å². The standard InChI is InChI=1S/C20H24N2O3/c23-19(11-10-17-9-6-14-25-17)21-18(15-16-7-2-1-3-8-16)20(24)22-12-4-5-13-22/h1-3,6-9,14,18H,4-5,10-13,15H2,(H,21,23)/t18-/m1/s1. The number of carbonyl (C=O) groups is 2. The van der Waals surface area contributed by atoms with Crippen molar-refractivity contribution in [3.63, 3.8) is 0 Å². The Bertz CT molecular complexity index is 676. The van der Waals surface area contributed by atoms with Crippen LogP contribution in [0.15, 0.2) is 53.1 Å². The van der Waals surface area contributed by atoms with Gasteiger partial charge in [-0.1, -0.05) is 30.3 Å². The van der Waals surface area contributed by atoms with Crippen LogP contribution in [-0.2, 0) is 22.4 Å². The molecule has 1 fully saturated rings. The van der Waals surface area contributed by atoms with Gasteiger partial charge in [-0.15, -0.1) is 0 Å². The molecule has 1 aromatic heterocycles. The van der Waals surface area contributed by atoms with Crippen LogP contribution in [0.1, 0.15) is 30.6 Å². The van der Waals surface area contributed by atoms with Gasteiger partial charge in [-0.05, 0) is 30.5 Å². The van der Waals surface area contributed by atoms with Gasteiger partial charge in [0, 0.05) is 32.4 Å². The van der Waals surface area contributed by atoms with Crippen LogP contribution in [0.4, 0.5) is 0 Å². The molecule has 1 aromatic carbocycles. The van der Waals surface area contributed by atoms with Gasteiger partial charge in [0.05, 0.1) is 6.26 Å². The number of benzene rings is 1. The van der Waals surface area contributed by atoms with Crippen molar-refractivity contribution < 1.29 is 14.0 Å². The maximum Gasteiger partial charge on any atom is 0.245 e. The molecule has 0 aliphatic carbocycles. The lowest BCUT2D eigenvalue weighted by molar-refractivity contribution is -0.135. The molecule has 1 N–H and O–H groups in total. The molecule has 2 aromatic rings. The molecule has 1 aliphatic rings. The normalized spacial score (nSPS) is 15.1. The number of nitrogens with zero attached hydrogens (tertiary/aromatic N) is 1.